The molecule has 0 aromatic heterocycles. The maximum Gasteiger partial charge on any atom is 0.151 e. The zero-order valence-corrected chi connectivity index (χ0v) is 9.42. The summed E-state index contributed by atoms with van der Waals surface area (Å²) in [5, 5.41) is 11.8. The van der Waals surface area contributed by atoms with Crippen molar-refractivity contribution in [2.75, 3.05) is 6.61 Å². The highest BCUT2D eigenvalue weighted by Crippen LogP contribution is 1.92. The zero-order valence-electron chi connectivity index (χ0n) is 9.42. The summed E-state index contributed by atoms with van der Waals surface area (Å²) in [6.45, 7) is 9.59. The molecule has 0 rings (SSSR count). The first-order chi connectivity index (χ1) is 6.11. The third-order valence-corrected chi connectivity index (χ3v) is 1.45. The molecule has 0 aliphatic carbocycles. The number of carbonyl (C=O) groups is 1. The van der Waals surface area contributed by atoms with Crippen LogP contribution in [-0.2, 0) is 4.79 Å². The number of carbonyl (C=O) groups excluding carboxylic acids is 1. The summed E-state index contributed by atoms with van der Waals surface area (Å²) in [5.41, 5.74) is 0. The number of hydrogen-bond donors (Lipinski definition) is 2. The Kier molecular flexibility index (Phi) is 11.2. The van der Waals surface area contributed by atoms with Crippen LogP contribution < -0.4 is 5.32 Å². The van der Waals surface area contributed by atoms with Gasteiger partial charge in [0, 0.05) is 12.5 Å². The lowest BCUT2D eigenvalue weighted by atomic mass is 10.1. The Balaban J connectivity index is 0. The van der Waals surface area contributed by atoms with E-state index < -0.39 is 0 Å². The first-order valence-electron chi connectivity index (χ1n) is 5.01. The predicted octanol–water partition coefficient (Wildman–Crippen LogP) is 1.35. The molecule has 0 aromatic carbocycles. The number of hydrogen-bond acceptors (Lipinski definition) is 3. The molecule has 0 saturated heterocycles. The van der Waals surface area contributed by atoms with Crippen LogP contribution in [0.4, 0.5) is 0 Å². The molecule has 3 heteroatoms. The van der Waals surface area contributed by atoms with Crippen LogP contribution in [-0.4, -0.2) is 29.6 Å². The van der Waals surface area contributed by atoms with E-state index in [1.807, 2.05) is 27.7 Å². The van der Waals surface area contributed by atoms with Crippen molar-refractivity contribution in [3.05, 3.63) is 0 Å². The number of nitrogens with one attached hydrogen (secondary N) is 1. The third kappa shape index (κ3) is 7.94. The smallest absolute Gasteiger partial charge is 0.151 e. The van der Waals surface area contributed by atoms with Gasteiger partial charge >= 0.3 is 0 Å². The molecule has 13 heavy (non-hydrogen) atoms. The molecule has 3 nitrogen and oxygen atoms in total. The summed E-state index contributed by atoms with van der Waals surface area (Å²) in [6.07, 6.45) is 0.477. The van der Waals surface area contributed by atoms with Gasteiger partial charge in [-0.2, -0.15) is 0 Å². The molecule has 80 valence electrons. The van der Waals surface area contributed by atoms with Gasteiger partial charge in [-0.25, -0.2) is 0 Å². The van der Waals surface area contributed by atoms with Crippen molar-refractivity contribution in [2.24, 2.45) is 0 Å². The molecule has 0 saturated carbocycles. The van der Waals surface area contributed by atoms with Crippen LogP contribution in [0.2, 0.25) is 0 Å². The van der Waals surface area contributed by atoms with Crippen molar-refractivity contribution >= 4 is 5.78 Å². The summed E-state index contributed by atoms with van der Waals surface area (Å²) >= 11 is 0. The molecule has 1 atom stereocenters. The number of Topliss-reactive ketones (excluding diaryl/α,β-unsaturated/α-hetero) is 1. The molecule has 0 amide bonds. The maximum absolute atomic E-state index is 11.1. The van der Waals surface area contributed by atoms with Crippen molar-refractivity contribution < 1.29 is 9.90 Å². The minimum Gasteiger partial charge on any atom is -0.394 e. The van der Waals surface area contributed by atoms with Gasteiger partial charge in [-0.05, 0) is 0 Å². The molecular weight excluding hydrogens is 166 g/mol. The van der Waals surface area contributed by atoms with E-state index in [-0.39, 0.29) is 24.5 Å². The van der Waals surface area contributed by atoms with Crippen LogP contribution in [0.1, 0.15) is 41.0 Å². The van der Waals surface area contributed by atoms with Gasteiger partial charge in [0.05, 0.1) is 12.6 Å². The molecule has 1 unspecified atom stereocenters. The van der Waals surface area contributed by atoms with Crippen molar-refractivity contribution in [1.29, 1.82) is 0 Å². The van der Waals surface area contributed by atoms with E-state index in [9.17, 15) is 4.79 Å². The number of aliphatic hydroxyl groups is 1. The van der Waals surface area contributed by atoms with Crippen molar-refractivity contribution in [2.45, 2.75) is 53.1 Å². The van der Waals surface area contributed by atoms with Gasteiger partial charge < -0.3 is 10.4 Å². The van der Waals surface area contributed by atoms with Crippen LogP contribution >= 0.6 is 0 Å². The van der Waals surface area contributed by atoms with Crippen molar-refractivity contribution in [3.63, 3.8) is 0 Å². The fourth-order valence-electron chi connectivity index (χ4n) is 0.896. The van der Waals surface area contributed by atoms with Gasteiger partial charge in [0.1, 0.15) is 0 Å². The monoisotopic (exact) mass is 189 g/mol. The molecule has 0 radical (unpaired) electrons. The van der Waals surface area contributed by atoms with Gasteiger partial charge in [0.2, 0.25) is 0 Å². The molecular formula is C10H23NO2. The SMILES string of the molecule is CC.CCC(=O)C(CO)NC(C)C. The van der Waals surface area contributed by atoms with Crippen molar-refractivity contribution in [1.82, 2.24) is 5.32 Å². The number of rotatable bonds is 5. The highest BCUT2D eigenvalue weighted by Gasteiger charge is 2.15. The minimum atomic E-state index is -0.375. The standard InChI is InChI=1S/C8H17NO2.C2H6/c1-4-8(11)7(5-10)9-6(2)3;1-2/h6-7,9-10H,4-5H2,1-3H3;1-2H3. The zero-order chi connectivity index (χ0) is 10.9. The van der Waals surface area contributed by atoms with E-state index in [1.165, 1.54) is 0 Å². The Morgan fingerprint density at radius 3 is 2.08 bits per heavy atom. The van der Waals surface area contributed by atoms with E-state index in [2.05, 4.69) is 5.32 Å². The maximum atomic E-state index is 11.1. The summed E-state index contributed by atoms with van der Waals surface area (Å²) in [7, 11) is 0. The van der Waals surface area contributed by atoms with Crippen LogP contribution in [0.15, 0.2) is 0 Å². The molecule has 0 fully saturated rings. The third-order valence-electron chi connectivity index (χ3n) is 1.45. The van der Waals surface area contributed by atoms with Crippen LogP contribution in [0.5, 0.6) is 0 Å². The van der Waals surface area contributed by atoms with Gasteiger partial charge in [-0.1, -0.05) is 34.6 Å². The second kappa shape index (κ2) is 9.68. The molecule has 0 bridgehead atoms. The Hall–Kier alpha value is -0.410. The topological polar surface area (TPSA) is 49.3 Å². The molecule has 0 spiro atoms. The van der Waals surface area contributed by atoms with Gasteiger partial charge in [-0.3, -0.25) is 4.79 Å². The van der Waals surface area contributed by atoms with E-state index in [0.29, 0.717) is 6.42 Å². The molecule has 2 N–H and O–H groups in total. The normalized spacial score (nSPS) is 11.9. The predicted molar refractivity (Wildman–Crippen MR) is 55.8 cm³/mol. The average molecular weight is 189 g/mol. The summed E-state index contributed by atoms with van der Waals surface area (Å²) in [5.74, 6) is 0.0706. The Morgan fingerprint density at radius 2 is 1.85 bits per heavy atom. The van der Waals surface area contributed by atoms with E-state index in [1.54, 1.807) is 6.92 Å². The number of ketones is 1. The summed E-state index contributed by atoms with van der Waals surface area (Å²) < 4.78 is 0. The van der Waals surface area contributed by atoms with Gasteiger partial charge in [0.25, 0.3) is 0 Å². The summed E-state index contributed by atoms with van der Waals surface area (Å²) in [4.78, 5) is 11.1. The van der Waals surface area contributed by atoms with Crippen LogP contribution in [0.3, 0.4) is 0 Å². The number of aliphatic hydroxyl groups excluding tert-OH is 1. The highest BCUT2D eigenvalue weighted by molar-refractivity contribution is 5.83. The fourth-order valence-corrected chi connectivity index (χ4v) is 0.896. The first kappa shape index (κ1) is 15.1. The molecule has 0 aliphatic rings. The highest BCUT2D eigenvalue weighted by atomic mass is 16.3. The average Bonchev–Trinajstić information content (AvgIpc) is 2.16. The summed E-state index contributed by atoms with van der Waals surface area (Å²) in [6, 6.07) is -0.136. The Bertz CT molecular complexity index is 124. The molecule has 0 aliphatic heterocycles. The Morgan fingerprint density at radius 1 is 1.38 bits per heavy atom. The molecule has 0 aromatic rings. The quantitative estimate of drug-likeness (QED) is 0.686. The van der Waals surface area contributed by atoms with E-state index in [4.69, 9.17) is 5.11 Å². The first-order valence-corrected chi connectivity index (χ1v) is 5.01. The molecule has 0 heterocycles. The van der Waals surface area contributed by atoms with Crippen LogP contribution in [0.25, 0.3) is 0 Å². The van der Waals surface area contributed by atoms with Crippen LogP contribution in [0, 0.1) is 0 Å². The van der Waals surface area contributed by atoms with E-state index in [0.717, 1.165) is 0 Å². The lowest BCUT2D eigenvalue weighted by Crippen LogP contribution is -2.43. The lowest BCUT2D eigenvalue weighted by Gasteiger charge is -2.16. The lowest BCUT2D eigenvalue weighted by molar-refractivity contribution is -0.121. The second-order valence-corrected chi connectivity index (χ2v) is 2.88. The fraction of sp³-hybridized carbons (Fsp3) is 0.900. The van der Waals surface area contributed by atoms with Crippen molar-refractivity contribution in [3.8, 4) is 0 Å². The minimum absolute atomic E-state index is 0.0706. The van der Waals surface area contributed by atoms with E-state index >= 15 is 0 Å². The largest absolute Gasteiger partial charge is 0.394 e. The second-order valence-electron chi connectivity index (χ2n) is 2.88. The van der Waals surface area contributed by atoms with Gasteiger partial charge in [-0.15, -0.1) is 0 Å². The Labute approximate surface area is 81.5 Å². The van der Waals surface area contributed by atoms with Gasteiger partial charge in [0.15, 0.2) is 5.78 Å².